The largest absolute Gasteiger partial charge is 0.489 e. The summed E-state index contributed by atoms with van der Waals surface area (Å²) in [5.74, 6) is 0.671. The smallest absolute Gasteiger partial charge is 0.410 e. The predicted molar refractivity (Wildman–Crippen MR) is 121 cm³/mol. The van der Waals surface area contributed by atoms with Gasteiger partial charge in [-0.3, -0.25) is 4.79 Å². The van der Waals surface area contributed by atoms with E-state index in [1.165, 1.54) is 12.8 Å². The molecule has 2 saturated heterocycles. The quantitative estimate of drug-likeness (QED) is 0.566. The van der Waals surface area contributed by atoms with E-state index >= 15 is 0 Å². The minimum absolute atomic E-state index is 0.139. The van der Waals surface area contributed by atoms with Crippen LogP contribution in [0.15, 0.2) is 0 Å². The zero-order chi connectivity index (χ0) is 22.8. The lowest BCUT2D eigenvalue weighted by Crippen LogP contribution is -2.58. The Hall–Kier alpha value is -1.93. The monoisotopic (exact) mass is 482 g/mol. The van der Waals surface area contributed by atoms with Crippen molar-refractivity contribution in [3.05, 3.63) is 15.7 Å². The van der Waals surface area contributed by atoms with Crippen LogP contribution in [0.2, 0.25) is 10.2 Å². The maximum Gasteiger partial charge on any atom is 0.410 e. The molecule has 0 unspecified atom stereocenters. The second-order valence-electron chi connectivity index (χ2n) is 10.3. The highest BCUT2D eigenvalue weighted by Gasteiger charge is 2.49. The molecule has 2 amide bonds. The van der Waals surface area contributed by atoms with Crippen LogP contribution in [0.1, 0.15) is 50.4 Å². The molecule has 174 valence electrons. The van der Waals surface area contributed by atoms with Gasteiger partial charge in [-0.1, -0.05) is 23.2 Å². The lowest BCUT2D eigenvalue weighted by Gasteiger charge is -2.40. The highest BCUT2D eigenvalue weighted by Crippen LogP contribution is 2.54. The van der Waals surface area contributed by atoms with Crippen molar-refractivity contribution in [2.45, 2.75) is 51.7 Å². The van der Waals surface area contributed by atoms with Gasteiger partial charge >= 0.3 is 6.09 Å². The van der Waals surface area contributed by atoms with E-state index in [2.05, 4.69) is 9.88 Å². The lowest BCUT2D eigenvalue weighted by molar-refractivity contribution is 0.000956. The van der Waals surface area contributed by atoms with Crippen molar-refractivity contribution in [3.63, 3.8) is 0 Å². The Morgan fingerprint density at radius 3 is 2.59 bits per heavy atom. The molecule has 0 aromatic carbocycles. The maximum atomic E-state index is 13.7. The number of piperazine rings is 1. The Bertz CT molecular complexity index is 976. The summed E-state index contributed by atoms with van der Waals surface area (Å²) in [6, 6.07) is -0.313. The number of nitrogens with zero attached hydrogens (tertiary/aromatic N) is 4. The number of fused-ring (bicyclic) bond motifs is 2. The Balaban J connectivity index is 1.43. The first-order chi connectivity index (χ1) is 15.1. The zero-order valence-electron chi connectivity index (χ0n) is 18.6. The first-order valence-electron chi connectivity index (χ1n) is 11.1. The zero-order valence-corrected chi connectivity index (χ0v) is 20.1. The van der Waals surface area contributed by atoms with Crippen molar-refractivity contribution in [3.8, 4) is 5.75 Å². The van der Waals surface area contributed by atoms with E-state index in [9.17, 15) is 9.59 Å². The Morgan fingerprint density at radius 2 is 1.94 bits per heavy atom. The molecule has 3 fully saturated rings. The molecule has 1 spiro atoms. The topological polar surface area (TPSA) is 75.2 Å². The van der Waals surface area contributed by atoms with E-state index in [4.69, 9.17) is 32.7 Å². The Kier molecular flexibility index (Phi) is 5.17. The molecule has 1 aromatic heterocycles. The molecular weight excluding hydrogens is 455 g/mol. The molecule has 0 radical (unpaired) electrons. The summed E-state index contributed by atoms with van der Waals surface area (Å²) in [5.41, 5.74) is 0.154. The van der Waals surface area contributed by atoms with Crippen molar-refractivity contribution in [2.75, 3.05) is 44.2 Å². The van der Waals surface area contributed by atoms with Crippen LogP contribution >= 0.6 is 23.2 Å². The minimum atomic E-state index is -0.584. The summed E-state index contributed by atoms with van der Waals surface area (Å²) in [6.45, 7) is 8.52. The first-order valence-corrected chi connectivity index (χ1v) is 11.9. The van der Waals surface area contributed by atoms with Crippen molar-refractivity contribution >= 4 is 41.0 Å². The third kappa shape index (κ3) is 3.85. The average molecular weight is 483 g/mol. The molecule has 4 heterocycles. The van der Waals surface area contributed by atoms with Crippen molar-refractivity contribution in [1.82, 2.24) is 14.8 Å². The summed E-state index contributed by atoms with van der Waals surface area (Å²) in [6.07, 6.45) is 3.13. The number of hydrogen-bond donors (Lipinski definition) is 0. The van der Waals surface area contributed by atoms with Gasteiger partial charge in [-0.2, -0.15) is 0 Å². The van der Waals surface area contributed by atoms with Gasteiger partial charge in [-0.15, -0.1) is 0 Å². The molecule has 3 aliphatic heterocycles. The molecule has 4 aliphatic rings. The second-order valence-corrected chi connectivity index (χ2v) is 11.0. The van der Waals surface area contributed by atoms with Gasteiger partial charge in [-0.05, 0) is 45.4 Å². The van der Waals surface area contributed by atoms with Gasteiger partial charge in [-0.25, -0.2) is 9.78 Å². The average Bonchev–Trinajstić information content (AvgIpc) is 3.38. The number of carbonyl (C=O) groups excluding carboxylic acids is 2. The fraction of sp³-hybridized carbons (Fsp3) is 0.682. The third-order valence-electron chi connectivity index (χ3n) is 6.76. The number of hydrogen-bond acceptors (Lipinski definition) is 6. The van der Waals surface area contributed by atoms with Crippen LogP contribution in [0.5, 0.6) is 5.75 Å². The van der Waals surface area contributed by atoms with Crippen LogP contribution in [0.25, 0.3) is 0 Å². The van der Waals surface area contributed by atoms with Crippen LogP contribution in [-0.2, 0) is 4.74 Å². The normalized spacial score (nSPS) is 24.1. The molecule has 1 saturated carbocycles. The van der Waals surface area contributed by atoms with Crippen LogP contribution in [0, 0.1) is 5.41 Å². The summed E-state index contributed by atoms with van der Waals surface area (Å²) in [4.78, 5) is 36.4. The van der Waals surface area contributed by atoms with Crippen LogP contribution in [0.3, 0.4) is 0 Å². The van der Waals surface area contributed by atoms with E-state index in [1.807, 2.05) is 20.8 Å². The van der Waals surface area contributed by atoms with E-state index in [-0.39, 0.29) is 34.8 Å². The third-order valence-corrected chi connectivity index (χ3v) is 7.48. The van der Waals surface area contributed by atoms with E-state index in [0.29, 0.717) is 42.2 Å². The van der Waals surface area contributed by atoms with E-state index in [0.717, 1.165) is 19.5 Å². The summed E-state index contributed by atoms with van der Waals surface area (Å²) >= 11 is 12.8. The molecule has 0 bridgehead atoms. The lowest BCUT2D eigenvalue weighted by atomic mass is 10.1. The Labute approximate surface area is 197 Å². The number of ether oxygens (including phenoxy) is 2. The number of anilines is 1. The number of amides is 2. The van der Waals surface area contributed by atoms with Crippen LogP contribution in [-0.4, -0.2) is 77.8 Å². The molecule has 32 heavy (non-hydrogen) atoms. The fourth-order valence-electron chi connectivity index (χ4n) is 4.84. The molecular formula is C22H28Cl2N4O4. The molecule has 10 heteroatoms. The number of aromatic nitrogens is 1. The standard InChI is InChI=1S/C22H28Cl2N4O4/c1-21(2,3)32-20(30)26-8-9-28-13(10-26)11-31-16-14(19(28)29)18(25-17(24)15(16)23)27-7-6-22(12-27)4-5-22/h13H,4-12H2,1-3H3/t13-/m1/s1. The van der Waals surface area contributed by atoms with Crippen molar-refractivity contribution in [2.24, 2.45) is 5.41 Å². The van der Waals surface area contributed by atoms with Gasteiger partial charge in [0.1, 0.15) is 28.6 Å². The number of pyridine rings is 1. The van der Waals surface area contributed by atoms with E-state index in [1.54, 1.807) is 9.80 Å². The van der Waals surface area contributed by atoms with E-state index < -0.39 is 5.60 Å². The number of halogens is 2. The van der Waals surface area contributed by atoms with Gasteiger partial charge in [0.2, 0.25) is 0 Å². The first kappa shape index (κ1) is 21.9. The SMILES string of the molecule is CC(C)(C)OC(=O)N1CCN2C(=O)c3c(N4CCC5(CC5)C4)nc(Cl)c(Cl)c3OC[C@H]2C1. The van der Waals surface area contributed by atoms with Crippen molar-refractivity contribution < 1.29 is 19.1 Å². The fourth-order valence-corrected chi connectivity index (χ4v) is 5.20. The predicted octanol–water partition coefficient (Wildman–Crippen LogP) is 3.83. The summed E-state index contributed by atoms with van der Waals surface area (Å²) in [7, 11) is 0. The number of rotatable bonds is 1. The highest BCUT2D eigenvalue weighted by molar-refractivity contribution is 6.42. The summed E-state index contributed by atoms with van der Waals surface area (Å²) < 4.78 is 11.6. The number of carbonyl (C=O) groups is 2. The maximum absolute atomic E-state index is 13.7. The molecule has 1 aliphatic carbocycles. The summed E-state index contributed by atoms with van der Waals surface area (Å²) in [5, 5.41) is 0.295. The molecule has 0 N–H and O–H groups in total. The molecule has 1 aromatic rings. The van der Waals surface area contributed by atoms with Gasteiger partial charge < -0.3 is 24.2 Å². The van der Waals surface area contributed by atoms with Gasteiger partial charge in [0.25, 0.3) is 5.91 Å². The van der Waals surface area contributed by atoms with Gasteiger partial charge in [0.05, 0.1) is 6.04 Å². The molecule has 5 rings (SSSR count). The Morgan fingerprint density at radius 1 is 1.19 bits per heavy atom. The highest BCUT2D eigenvalue weighted by atomic mass is 35.5. The molecule has 8 nitrogen and oxygen atoms in total. The minimum Gasteiger partial charge on any atom is -0.489 e. The molecule has 1 atom stereocenters. The van der Waals surface area contributed by atoms with Gasteiger partial charge in [0, 0.05) is 32.7 Å². The van der Waals surface area contributed by atoms with Crippen LogP contribution in [0.4, 0.5) is 10.6 Å². The van der Waals surface area contributed by atoms with Crippen LogP contribution < -0.4 is 9.64 Å². The van der Waals surface area contributed by atoms with Gasteiger partial charge in [0.15, 0.2) is 10.9 Å². The second kappa shape index (κ2) is 7.55. The van der Waals surface area contributed by atoms with Crippen molar-refractivity contribution in [1.29, 1.82) is 0 Å².